The van der Waals surface area contributed by atoms with Crippen LogP contribution in [0.3, 0.4) is 0 Å². The van der Waals surface area contributed by atoms with Crippen molar-refractivity contribution in [2.24, 2.45) is 11.7 Å². The molecule has 2 fully saturated rings. The summed E-state index contributed by atoms with van der Waals surface area (Å²) in [5, 5.41) is 0.532. The quantitative estimate of drug-likeness (QED) is 0.920. The average molecular weight is 322 g/mol. The summed E-state index contributed by atoms with van der Waals surface area (Å²) in [4.78, 5) is 28.4. The Labute approximate surface area is 135 Å². The second kappa shape index (κ2) is 6.26. The molecule has 2 aliphatic heterocycles. The van der Waals surface area contributed by atoms with Crippen molar-refractivity contribution < 1.29 is 9.59 Å². The molecule has 6 heteroatoms. The molecule has 0 radical (unpaired) electrons. The number of rotatable bonds is 3. The van der Waals surface area contributed by atoms with Gasteiger partial charge in [0.15, 0.2) is 0 Å². The molecule has 0 bridgehead atoms. The fourth-order valence-corrected chi connectivity index (χ4v) is 3.62. The van der Waals surface area contributed by atoms with E-state index in [-0.39, 0.29) is 30.2 Å². The van der Waals surface area contributed by atoms with Crippen LogP contribution in [0.5, 0.6) is 0 Å². The van der Waals surface area contributed by atoms with Gasteiger partial charge < -0.3 is 15.5 Å². The van der Waals surface area contributed by atoms with Gasteiger partial charge in [0.1, 0.15) is 0 Å². The summed E-state index contributed by atoms with van der Waals surface area (Å²) >= 11 is 6.16. The van der Waals surface area contributed by atoms with Gasteiger partial charge in [-0.25, -0.2) is 0 Å². The molecule has 5 nitrogen and oxygen atoms in total. The highest BCUT2D eigenvalue weighted by Gasteiger charge is 2.40. The molecule has 0 saturated carbocycles. The van der Waals surface area contributed by atoms with Gasteiger partial charge in [0.05, 0.1) is 16.6 Å². The molecule has 1 aromatic rings. The molecule has 2 aliphatic rings. The van der Waals surface area contributed by atoms with Crippen molar-refractivity contribution in [3.63, 3.8) is 0 Å². The van der Waals surface area contributed by atoms with Crippen LogP contribution in [0.1, 0.15) is 19.3 Å². The Balaban J connectivity index is 1.75. The summed E-state index contributed by atoms with van der Waals surface area (Å²) in [6.07, 6.45) is 2.19. The van der Waals surface area contributed by atoms with Crippen molar-refractivity contribution in [1.82, 2.24) is 4.90 Å². The largest absolute Gasteiger partial charge is 0.338 e. The summed E-state index contributed by atoms with van der Waals surface area (Å²) < 4.78 is 0. The normalized spacial score (nSPS) is 25.1. The maximum absolute atomic E-state index is 12.7. The SMILES string of the molecule is NC[C@H]1CCCN1C(=O)[C@H]1CC(=O)N(c2ccccc2Cl)C1. The van der Waals surface area contributed by atoms with E-state index in [1.807, 2.05) is 23.1 Å². The highest BCUT2D eigenvalue weighted by molar-refractivity contribution is 6.33. The number of nitrogens with two attached hydrogens (primary N) is 1. The number of hydrogen-bond donors (Lipinski definition) is 1. The van der Waals surface area contributed by atoms with Gasteiger partial charge >= 0.3 is 0 Å². The molecule has 0 aliphatic carbocycles. The van der Waals surface area contributed by atoms with E-state index in [1.165, 1.54) is 0 Å². The standard InChI is InChI=1S/C16H20ClN3O2/c17-13-5-1-2-6-14(13)20-10-11(8-15(20)21)16(22)19-7-3-4-12(19)9-18/h1-2,5-6,11-12H,3-4,7-10,18H2/t11-,12+/m0/s1. The molecule has 2 saturated heterocycles. The molecule has 118 valence electrons. The van der Waals surface area contributed by atoms with E-state index in [2.05, 4.69) is 0 Å². The minimum atomic E-state index is -0.295. The number of carbonyl (C=O) groups excluding carboxylic acids is 2. The van der Waals surface area contributed by atoms with Crippen LogP contribution in [0.25, 0.3) is 0 Å². The number of likely N-dealkylation sites (tertiary alicyclic amines) is 1. The third-order valence-corrected chi connectivity index (χ3v) is 4.87. The van der Waals surface area contributed by atoms with Gasteiger partial charge in [-0.3, -0.25) is 9.59 Å². The maximum atomic E-state index is 12.7. The van der Waals surface area contributed by atoms with Gasteiger partial charge in [0.2, 0.25) is 11.8 Å². The van der Waals surface area contributed by atoms with Crippen LogP contribution in [-0.4, -0.2) is 42.4 Å². The van der Waals surface area contributed by atoms with Gasteiger partial charge in [0, 0.05) is 32.1 Å². The summed E-state index contributed by atoms with van der Waals surface area (Å²) in [6, 6.07) is 7.35. The van der Waals surface area contributed by atoms with Crippen LogP contribution in [0.15, 0.2) is 24.3 Å². The highest BCUT2D eigenvalue weighted by atomic mass is 35.5. The lowest BCUT2D eigenvalue weighted by Gasteiger charge is -2.26. The summed E-state index contributed by atoms with van der Waals surface area (Å²) in [5.41, 5.74) is 6.42. The van der Waals surface area contributed by atoms with Crippen LogP contribution < -0.4 is 10.6 Å². The molecule has 0 spiro atoms. The summed E-state index contributed by atoms with van der Waals surface area (Å²) in [6.45, 7) is 1.63. The Kier molecular flexibility index (Phi) is 4.36. The molecule has 2 atom stereocenters. The molecule has 0 unspecified atom stereocenters. The minimum Gasteiger partial charge on any atom is -0.338 e. The second-order valence-corrected chi connectivity index (χ2v) is 6.33. The number of nitrogens with zero attached hydrogens (tertiary/aromatic N) is 2. The van der Waals surface area contributed by atoms with E-state index >= 15 is 0 Å². The zero-order chi connectivity index (χ0) is 15.7. The van der Waals surface area contributed by atoms with E-state index in [4.69, 9.17) is 17.3 Å². The topological polar surface area (TPSA) is 66.6 Å². The van der Waals surface area contributed by atoms with Crippen LogP contribution >= 0.6 is 11.6 Å². The smallest absolute Gasteiger partial charge is 0.228 e. The predicted molar refractivity (Wildman–Crippen MR) is 85.7 cm³/mol. The second-order valence-electron chi connectivity index (χ2n) is 5.92. The summed E-state index contributed by atoms with van der Waals surface area (Å²) in [7, 11) is 0. The number of benzene rings is 1. The van der Waals surface area contributed by atoms with Gasteiger partial charge in [-0.2, -0.15) is 0 Å². The lowest BCUT2D eigenvalue weighted by Crippen LogP contribution is -2.43. The Morgan fingerprint density at radius 3 is 2.86 bits per heavy atom. The fourth-order valence-electron chi connectivity index (χ4n) is 3.38. The van der Waals surface area contributed by atoms with Crippen molar-refractivity contribution in [2.75, 3.05) is 24.5 Å². The summed E-state index contributed by atoms with van der Waals surface area (Å²) in [5.74, 6) is -0.290. The first-order valence-electron chi connectivity index (χ1n) is 7.67. The molecule has 3 rings (SSSR count). The van der Waals surface area contributed by atoms with Crippen molar-refractivity contribution in [2.45, 2.75) is 25.3 Å². The minimum absolute atomic E-state index is 0.0463. The van der Waals surface area contributed by atoms with Crippen molar-refractivity contribution in [3.8, 4) is 0 Å². The van der Waals surface area contributed by atoms with E-state index in [0.717, 1.165) is 19.4 Å². The zero-order valence-corrected chi connectivity index (χ0v) is 13.1. The first kappa shape index (κ1) is 15.3. The molecule has 0 aromatic heterocycles. The van der Waals surface area contributed by atoms with E-state index < -0.39 is 0 Å². The number of halogens is 1. The Bertz CT molecular complexity index is 593. The van der Waals surface area contributed by atoms with Crippen LogP contribution in [-0.2, 0) is 9.59 Å². The third-order valence-electron chi connectivity index (χ3n) is 4.55. The lowest BCUT2D eigenvalue weighted by atomic mass is 10.1. The van der Waals surface area contributed by atoms with Crippen molar-refractivity contribution in [3.05, 3.63) is 29.3 Å². The number of hydrogen-bond acceptors (Lipinski definition) is 3. The van der Waals surface area contributed by atoms with Gasteiger partial charge in [-0.05, 0) is 25.0 Å². The maximum Gasteiger partial charge on any atom is 0.228 e. The van der Waals surface area contributed by atoms with Gasteiger partial charge in [-0.1, -0.05) is 23.7 Å². The third kappa shape index (κ3) is 2.71. The fraction of sp³-hybridized carbons (Fsp3) is 0.500. The van der Waals surface area contributed by atoms with Crippen molar-refractivity contribution >= 4 is 29.1 Å². The van der Waals surface area contributed by atoms with Crippen molar-refractivity contribution in [1.29, 1.82) is 0 Å². The molecule has 2 heterocycles. The Morgan fingerprint density at radius 2 is 2.14 bits per heavy atom. The first-order chi connectivity index (χ1) is 10.6. The van der Waals surface area contributed by atoms with E-state index in [1.54, 1.807) is 11.0 Å². The number of para-hydroxylation sites is 1. The monoisotopic (exact) mass is 321 g/mol. The zero-order valence-electron chi connectivity index (χ0n) is 12.4. The van der Waals surface area contributed by atoms with E-state index in [9.17, 15) is 9.59 Å². The number of carbonyl (C=O) groups is 2. The molecule has 22 heavy (non-hydrogen) atoms. The molecule has 2 amide bonds. The molecular formula is C16H20ClN3O2. The first-order valence-corrected chi connectivity index (χ1v) is 8.05. The van der Waals surface area contributed by atoms with Crippen LogP contribution in [0.2, 0.25) is 5.02 Å². The average Bonchev–Trinajstić information content (AvgIpc) is 3.13. The van der Waals surface area contributed by atoms with Gasteiger partial charge in [0.25, 0.3) is 0 Å². The molecule has 1 aromatic carbocycles. The van der Waals surface area contributed by atoms with Crippen LogP contribution in [0.4, 0.5) is 5.69 Å². The van der Waals surface area contributed by atoms with Crippen LogP contribution in [0, 0.1) is 5.92 Å². The predicted octanol–water partition coefficient (Wildman–Crippen LogP) is 1.64. The Morgan fingerprint density at radius 1 is 1.36 bits per heavy atom. The number of anilines is 1. The molecular weight excluding hydrogens is 302 g/mol. The van der Waals surface area contributed by atoms with Gasteiger partial charge in [-0.15, -0.1) is 0 Å². The van der Waals surface area contributed by atoms with E-state index in [0.29, 0.717) is 23.8 Å². The molecule has 2 N–H and O–H groups in total. The highest BCUT2D eigenvalue weighted by Crippen LogP contribution is 2.32. The number of amides is 2. The Hall–Kier alpha value is -1.59. The lowest BCUT2D eigenvalue weighted by molar-refractivity contribution is -0.136.